The van der Waals surface area contributed by atoms with E-state index >= 15 is 0 Å². The largest absolute Gasteiger partial charge is 0.391 e. The molecule has 0 bridgehead atoms. The zero-order valence-electron chi connectivity index (χ0n) is 10.3. The van der Waals surface area contributed by atoms with Gasteiger partial charge in [0.2, 0.25) is 0 Å². The van der Waals surface area contributed by atoms with Crippen molar-refractivity contribution < 1.29 is 9.90 Å². The van der Waals surface area contributed by atoms with Gasteiger partial charge >= 0.3 is 0 Å². The molecule has 2 heterocycles. The number of likely N-dealkylation sites (tertiary alicyclic amines) is 1. The van der Waals surface area contributed by atoms with Crippen molar-refractivity contribution in [2.45, 2.75) is 26.4 Å². The second-order valence-corrected chi connectivity index (χ2v) is 4.84. The van der Waals surface area contributed by atoms with Crippen molar-refractivity contribution in [3.63, 3.8) is 0 Å². The summed E-state index contributed by atoms with van der Waals surface area (Å²) < 4.78 is 0. The minimum absolute atomic E-state index is 0.0350. The number of amides is 1. The van der Waals surface area contributed by atoms with E-state index in [-0.39, 0.29) is 11.8 Å². The van der Waals surface area contributed by atoms with Crippen molar-refractivity contribution in [3.05, 3.63) is 29.6 Å². The Morgan fingerprint density at radius 1 is 1.53 bits per heavy atom. The first kappa shape index (κ1) is 12.0. The summed E-state index contributed by atoms with van der Waals surface area (Å²) in [6.45, 7) is 5.07. The minimum Gasteiger partial charge on any atom is -0.391 e. The molecule has 1 aliphatic rings. The molecule has 17 heavy (non-hydrogen) atoms. The van der Waals surface area contributed by atoms with E-state index in [0.717, 1.165) is 12.0 Å². The summed E-state index contributed by atoms with van der Waals surface area (Å²) in [5.74, 6) is 0.238. The molecule has 1 saturated heterocycles. The van der Waals surface area contributed by atoms with Gasteiger partial charge in [-0.2, -0.15) is 0 Å². The Morgan fingerprint density at radius 2 is 2.29 bits per heavy atom. The molecule has 0 aliphatic carbocycles. The summed E-state index contributed by atoms with van der Waals surface area (Å²) in [6, 6.07) is 1.83. The highest BCUT2D eigenvalue weighted by Gasteiger charge is 2.27. The maximum absolute atomic E-state index is 12.2. The number of β-amino-alcohol motifs (C(OH)–C–C–N with tert-alkyl or cyclic N) is 1. The highest BCUT2D eigenvalue weighted by atomic mass is 16.3. The first-order valence-corrected chi connectivity index (χ1v) is 5.97. The number of aryl methyl sites for hydroxylation is 1. The van der Waals surface area contributed by atoms with E-state index in [9.17, 15) is 9.90 Å². The van der Waals surface area contributed by atoms with Gasteiger partial charge in [0.25, 0.3) is 5.91 Å². The molecular formula is C13H18N2O2. The SMILES string of the molecule is Cc1cncc(C(=O)N2CCC(C)C(O)C2)c1. The number of carbonyl (C=O) groups is 1. The quantitative estimate of drug-likeness (QED) is 0.795. The van der Waals surface area contributed by atoms with Gasteiger partial charge in [-0.05, 0) is 30.9 Å². The Balaban J connectivity index is 2.10. The lowest BCUT2D eigenvalue weighted by Gasteiger charge is -2.34. The third kappa shape index (κ3) is 2.64. The first-order chi connectivity index (χ1) is 8.08. The lowest BCUT2D eigenvalue weighted by Crippen LogP contribution is -2.45. The topological polar surface area (TPSA) is 53.4 Å². The minimum atomic E-state index is -0.412. The van der Waals surface area contributed by atoms with Crippen LogP contribution in [0.3, 0.4) is 0 Å². The summed E-state index contributed by atoms with van der Waals surface area (Å²) in [7, 11) is 0. The van der Waals surface area contributed by atoms with Crippen molar-refractivity contribution in [3.8, 4) is 0 Å². The summed E-state index contributed by atoms with van der Waals surface area (Å²) >= 11 is 0. The van der Waals surface area contributed by atoms with Crippen LogP contribution in [-0.4, -0.2) is 40.1 Å². The van der Waals surface area contributed by atoms with Crippen LogP contribution in [0.4, 0.5) is 0 Å². The predicted octanol–water partition coefficient (Wildman–Crippen LogP) is 1.23. The van der Waals surface area contributed by atoms with E-state index in [0.29, 0.717) is 18.7 Å². The van der Waals surface area contributed by atoms with Gasteiger partial charge in [-0.1, -0.05) is 6.92 Å². The monoisotopic (exact) mass is 234 g/mol. The normalized spacial score (nSPS) is 24.8. The Hall–Kier alpha value is -1.42. The van der Waals surface area contributed by atoms with Crippen molar-refractivity contribution >= 4 is 5.91 Å². The average molecular weight is 234 g/mol. The van der Waals surface area contributed by atoms with Crippen LogP contribution in [0, 0.1) is 12.8 Å². The molecule has 1 N–H and O–H groups in total. The summed E-state index contributed by atoms with van der Waals surface area (Å²) in [5.41, 5.74) is 1.58. The van der Waals surface area contributed by atoms with Crippen LogP contribution < -0.4 is 0 Å². The van der Waals surface area contributed by atoms with E-state index < -0.39 is 6.10 Å². The Morgan fingerprint density at radius 3 is 2.94 bits per heavy atom. The van der Waals surface area contributed by atoms with Gasteiger partial charge in [0.1, 0.15) is 0 Å². The smallest absolute Gasteiger partial charge is 0.255 e. The van der Waals surface area contributed by atoms with Gasteiger partial charge in [0, 0.05) is 25.5 Å². The number of aliphatic hydroxyl groups excluding tert-OH is 1. The van der Waals surface area contributed by atoms with Crippen LogP contribution in [-0.2, 0) is 0 Å². The third-order valence-electron chi connectivity index (χ3n) is 3.33. The molecule has 0 spiro atoms. The first-order valence-electron chi connectivity index (χ1n) is 5.97. The van der Waals surface area contributed by atoms with Gasteiger partial charge in [-0.3, -0.25) is 9.78 Å². The van der Waals surface area contributed by atoms with E-state index in [2.05, 4.69) is 4.98 Å². The maximum atomic E-state index is 12.2. The van der Waals surface area contributed by atoms with Gasteiger partial charge in [0.15, 0.2) is 0 Å². The van der Waals surface area contributed by atoms with E-state index in [1.54, 1.807) is 17.3 Å². The molecule has 2 atom stereocenters. The molecule has 2 rings (SSSR count). The number of hydrogen-bond acceptors (Lipinski definition) is 3. The Bertz CT molecular complexity index is 420. The fourth-order valence-electron chi connectivity index (χ4n) is 2.09. The van der Waals surface area contributed by atoms with Crippen molar-refractivity contribution in [1.82, 2.24) is 9.88 Å². The van der Waals surface area contributed by atoms with Crippen LogP contribution >= 0.6 is 0 Å². The van der Waals surface area contributed by atoms with Gasteiger partial charge in [-0.15, -0.1) is 0 Å². The van der Waals surface area contributed by atoms with Crippen molar-refractivity contribution in [1.29, 1.82) is 0 Å². The fourth-order valence-corrected chi connectivity index (χ4v) is 2.09. The average Bonchev–Trinajstić information content (AvgIpc) is 2.32. The van der Waals surface area contributed by atoms with Gasteiger partial charge in [-0.25, -0.2) is 0 Å². The molecular weight excluding hydrogens is 216 g/mol. The van der Waals surface area contributed by atoms with Crippen LogP contribution in [0.1, 0.15) is 29.3 Å². The molecule has 92 valence electrons. The van der Waals surface area contributed by atoms with Crippen molar-refractivity contribution in [2.75, 3.05) is 13.1 Å². The van der Waals surface area contributed by atoms with Crippen LogP contribution in [0.5, 0.6) is 0 Å². The molecule has 1 aliphatic heterocycles. The molecule has 0 saturated carbocycles. The molecule has 1 aromatic rings. The van der Waals surface area contributed by atoms with E-state index in [4.69, 9.17) is 0 Å². The number of hydrogen-bond donors (Lipinski definition) is 1. The van der Waals surface area contributed by atoms with E-state index in [1.807, 2.05) is 19.9 Å². The number of piperidine rings is 1. The second-order valence-electron chi connectivity index (χ2n) is 4.84. The highest BCUT2D eigenvalue weighted by Crippen LogP contribution is 2.18. The molecule has 4 heteroatoms. The summed E-state index contributed by atoms with van der Waals surface area (Å²) in [4.78, 5) is 17.9. The molecule has 1 amide bonds. The Kier molecular flexibility index (Phi) is 3.43. The zero-order valence-corrected chi connectivity index (χ0v) is 10.3. The molecule has 0 radical (unpaired) electrons. The fraction of sp³-hybridized carbons (Fsp3) is 0.538. The zero-order chi connectivity index (χ0) is 12.4. The molecule has 4 nitrogen and oxygen atoms in total. The van der Waals surface area contributed by atoms with Crippen molar-refractivity contribution in [2.24, 2.45) is 5.92 Å². The standard InChI is InChI=1S/C13H18N2O2/c1-9-5-11(7-14-6-9)13(17)15-4-3-10(2)12(16)8-15/h5-7,10,12,16H,3-4,8H2,1-2H3. The summed E-state index contributed by atoms with van der Waals surface area (Å²) in [5, 5.41) is 9.79. The third-order valence-corrected chi connectivity index (χ3v) is 3.33. The molecule has 1 aromatic heterocycles. The second kappa shape index (κ2) is 4.84. The number of pyridine rings is 1. The van der Waals surface area contributed by atoms with Crippen LogP contribution in [0.15, 0.2) is 18.5 Å². The number of carbonyl (C=O) groups excluding carboxylic acids is 1. The predicted molar refractivity (Wildman–Crippen MR) is 64.7 cm³/mol. The summed E-state index contributed by atoms with van der Waals surface area (Å²) in [6.07, 6.45) is 3.75. The Labute approximate surface area is 101 Å². The van der Waals surface area contributed by atoms with Gasteiger partial charge < -0.3 is 10.0 Å². The number of rotatable bonds is 1. The molecule has 1 fully saturated rings. The lowest BCUT2D eigenvalue weighted by molar-refractivity contribution is 0.0248. The highest BCUT2D eigenvalue weighted by molar-refractivity contribution is 5.94. The van der Waals surface area contributed by atoms with Gasteiger partial charge in [0.05, 0.1) is 11.7 Å². The van der Waals surface area contributed by atoms with Crippen LogP contribution in [0.2, 0.25) is 0 Å². The number of aliphatic hydroxyl groups is 1. The number of nitrogens with zero attached hydrogens (tertiary/aromatic N) is 2. The lowest BCUT2D eigenvalue weighted by atomic mass is 9.95. The number of aromatic nitrogens is 1. The molecule has 2 unspecified atom stereocenters. The van der Waals surface area contributed by atoms with E-state index in [1.165, 1.54) is 0 Å². The molecule has 0 aromatic carbocycles. The maximum Gasteiger partial charge on any atom is 0.255 e. The van der Waals surface area contributed by atoms with Crippen LogP contribution in [0.25, 0.3) is 0 Å².